The highest BCUT2D eigenvalue weighted by Gasteiger charge is 2.32. The number of rotatable bonds is 5. The first-order valence-electron chi connectivity index (χ1n) is 3.50. The van der Waals surface area contributed by atoms with Crippen molar-refractivity contribution in [2.24, 2.45) is 5.73 Å². The van der Waals surface area contributed by atoms with E-state index in [0.29, 0.717) is 13.0 Å². The summed E-state index contributed by atoms with van der Waals surface area (Å²) in [5, 5.41) is 0. The van der Waals surface area contributed by atoms with Crippen LogP contribution in [-0.4, -0.2) is 36.1 Å². The summed E-state index contributed by atoms with van der Waals surface area (Å²) in [4.78, 5) is 25.5. The fraction of sp³-hybridized carbons (Fsp3) is 1.00. The van der Waals surface area contributed by atoms with Crippen molar-refractivity contribution < 1.29 is 18.8 Å². The van der Waals surface area contributed by atoms with Crippen molar-refractivity contribution in [2.75, 3.05) is 6.54 Å². The first-order valence-corrected chi connectivity index (χ1v) is 5.25. The molecule has 5 N–H and O–H groups in total. The Morgan fingerprint density at radius 3 is 2.36 bits per heavy atom. The van der Waals surface area contributed by atoms with Gasteiger partial charge in [-0.1, -0.05) is 0 Å². The van der Waals surface area contributed by atoms with E-state index < -0.39 is 9.05 Å². The van der Waals surface area contributed by atoms with Gasteiger partial charge in [-0.05, 0) is 26.3 Å². The molecule has 0 fully saturated rings. The van der Waals surface area contributed by atoms with E-state index >= 15 is 0 Å². The van der Waals surface area contributed by atoms with E-state index in [9.17, 15) is 0 Å². The van der Waals surface area contributed by atoms with Crippen LogP contribution >= 0.6 is 0 Å². The van der Waals surface area contributed by atoms with E-state index in [1.807, 2.05) is 0 Å². The van der Waals surface area contributed by atoms with Crippen LogP contribution < -0.4 is 5.73 Å². The van der Waals surface area contributed by atoms with Crippen molar-refractivity contribution in [2.45, 2.75) is 25.9 Å². The predicted molar refractivity (Wildman–Crippen MR) is 41.2 cm³/mol. The van der Waals surface area contributed by atoms with Gasteiger partial charge in [0, 0.05) is 6.10 Å². The number of hydrogen-bond donors (Lipinski definition) is 4. The topological polar surface area (TPSA) is 95.9 Å². The summed E-state index contributed by atoms with van der Waals surface area (Å²) in [6.45, 7) is 2.19. The summed E-state index contributed by atoms with van der Waals surface area (Å²) in [5.41, 5.74) is 5.21. The van der Waals surface area contributed by atoms with Gasteiger partial charge in [-0.25, -0.2) is 0 Å². The Morgan fingerprint density at radius 2 is 2.00 bits per heavy atom. The van der Waals surface area contributed by atoms with Gasteiger partial charge in [0.2, 0.25) is 0 Å². The van der Waals surface area contributed by atoms with Gasteiger partial charge in [0.25, 0.3) is 0 Å². The molecular weight excluding hydrogens is 166 g/mol. The molecule has 11 heavy (non-hydrogen) atoms. The zero-order chi connectivity index (χ0) is 8.91. The molecule has 0 aromatic heterocycles. The quantitative estimate of drug-likeness (QED) is 0.389. The largest absolute Gasteiger partial charge is 0.671 e. The molecule has 0 spiro atoms. The molecule has 0 amide bonds. The van der Waals surface area contributed by atoms with E-state index in [-0.39, 0.29) is 6.10 Å². The minimum atomic E-state index is -4.31. The maximum Gasteiger partial charge on any atom is 0.671 e. The van der Waals surface area contributed by atoms with Crippen LogP contribution in [0.25, 0.3) is 0 Å². The average Bonchev–Trinajstić information content (AvgIpc) is 1.79. The lowest BCUT2D eigenvalue weighted by Crippen LogP contribution is -2.42. The molecule has 0 aliphatic rings. The van der Waals surface area contributed by atoms with E-state index in [0.717, 1.165) is 6.42 Å². The molecule has 0 aliphatic carbocycles. The monoisotopic (exact) mass is 181 g/mol. The molecule has 0 bridgehead atoms. The third-order valence-electron chi connectivity index (χ3n) is 1.17. The van der Waals surface area contributed by atoms with Crippen LogP contribution in [0.1, 0.15) is 19.8 Å². The molecule has 0 aromatic carbocycles. The fourth-order valence-electron chi connectivity index (χ4n) is 0.734. The van der Waals surface area contributed by atoms with Crippen LogP contribution in [-0.2, 0) is 4.43 Å². The smallest absolute Gasteiger partial charge is 0.368 e. The van der Waals surface area contributed by atoms with Crippen LogP contribution in [0, 0.1) is 0 Å². The Kier molecular flexibility index (Phi) is 4.81. The third kappa shape index (κ3) is 7.92. The highest BCUT2D eigenvalue weighted by molar-refractivity contribution is 6.48. The predicted octanol–water partition coefficient (Wildman–Crippen LogP) is -1.46. The van der Waals surface area contributed by atoms with Crippen molar-refractivity contribution in [1.82, 2.24) is 0 Å². The second kappa shape index (κ2) is 4.81. The normalized spacial score (nSPS) is 15.0. The number of nitrogens with two attached hydrogens (primary N) is 1. The molecule has 68 valence electrons. The standard InChI is InChI=1S/C5H15NO4Si/c1-5(3-2-4-6)10-11(7,8)9/h5,7-9H,2-4,6H2,1H3. The molecule has 0 rings (SSSR count). The van der Waals surface area contributed by atoms with Gasteiger partial charge in [0.15, 0.2) is 0 Å². The lowest BCUT2D eigenvalue weighted by molar-refractivity contribution is 0.0265. The molecule has 6 heteroatoms. The Labute approximate surface area is 66.9 Å². The summed E-state index contributed by atoms with van der Waals surface area (Å²) < 4.78 is 4.49. The summed E-state index contributed by atoms with van der Waals surface area (Å²) in [5.74, 6) is 0. The first-order chi connectivity index (χ1) is 4.95. The summed E-state index contributed by atoms with van der Waals surface area (Å²) in [6, 6.07) is 0. The van der Waals surface area contributed by atoms with Crippen molar-refractivity contribution in [3.05, 3.63) is 0 Å². The minimum Gasteiger partial charge on any atom is -0.368 e. The van der Waals surface area contributed by atoms with Gasteiger partial charge >= 0.3 is 9.05 Å². The fourth-order valence-corrected chi connectivity index (χ4v) is 1.39. The Balaban J connectivity index is 3.44. The molecule has 0 radical (unpaired) electrons. The second-order valence-corrected chi connectivity index (χ2v) is 3.82. The van der Waals surface area contributed by atoms with Gasteiger partial charge in [-0.3, -0.25) is 0 Å². The van der Waals surface area contributed by atoms with Gasteiger partial charge < -0.3 is 24.5 Å². The maximum atomic E-state index is 8.48. The zero-order valence-corrected chi connectivity index (χ0v) is 7.53. The summed E-state index contributed by atoms with van der Waals surface area (Å²) in [6.07, 6.45) is 1.00. The van der Waals surface area contributed by atoms with E-state index in [2.05, 4.69) is 4.43 Å². The summed E-state index contributed by atoms with van der Waals surface area (Å²) >= 11 is 0. The van der Waals surface area contributed by atoms with Crippen molar-refractivity contribution >= 4 is 9.05 Å². The Hall–Kier alpha value is 0.0169. The maximum absolute atomic E-state index is 8.48. The molecule has 0 saturated carbocycles. The van der Waals surface area contributed by atoms with E-state index in [1.54, 1.807) is 6.92 Å². The lowest BCUT2D eigenvalue weighted by Gasteiger charge is -2.16. The van der Waals surface area contributed by atoms with Crippen LogP contribution in [0.5, 0.6) is 0 Å². The molecule has 0 heterocycles. The van der Waals surface area contributed by atoms with Gasteiger partial charge in [0.05, 0.1) is 0 Å². The zero-order valence-electron chi connectivity index (χ0n) is 6.53. The first kappa shape index (κ1) is 11.0. The second-order valence-electron chi connectivity index (χ2n) is 2.43. The van der Waals surface area contributed by atoms with Gasteiger partial charge in [0.1, 0.15) is 0 Å². The van der Waals surface area contributed by atoms with Crippen LogP contribution in [0.3, 0.4) is 0 Å². The molecule has 1 unspecified atom stereocenters. The van der Waals surface area contributed by atoms with Crippen molar-refractivity contribution in [3.8, 4) is 0 Å². The molecule has 0 aliphatic heterocycles. The van der Waals surface area contributed by atoms with Gasteiger partial charge in [-0.2, -0.15) is 0 Å². The highest BCUT2D eigenvalue weighted by Crippen LogP contribution is 2.03. The Morgan fingerprint density at radius 1 is 1.45 bits per heavy atom. The average molecular weight is 181 g/mol. The third-order valence-corrected chi connectivity index (χ3v) is 1.89. The van der Waals surface area contributed by atoms with Crippen molar-refractivity contribution in [1.29, 1.82) is 0 Å². The molecular formula is C5H15NO4Si. The van der Waals surface area contributed by atoms with E-state index in [4.69, 9.17) is 20.1 Å². The minimum absolute atomic E-state index is 0.356. The highest BCUT2D eigenvalue weighted by atomic mass is 28.4. The SMILES string of the molecule is CC(CCCN)O[Si](O)(O)O. The van der Waals surface area contributed by atoms with E-state index in [1.165, 1.54) is 0 Å². The summed E-state index contributed by atoms with van der Waals surface area (Å²) in [7, 11) is -4.31. The molecule has 0 saturated heterocycles. The lowest BCUT2D eigenvalue weighted by atomic mass is 10.2. The van der Waals surface area contributed by atoms with Crippen LogP contribution in [0.4, 0.5) is 0 Å². The number of hydrogen-bond acceptors (Lipinski definition) is 5. The molecule has 1 atom stereocenters. The Bertz CT molecular complexity index is 105. The van der Waals surface area contributed by atoms with Crippen LogP contribution in [0.15, 0.2) is 0 Å². The molecule has 5 nitrogen and oxygen atoms in total. The van der Waals surface area contributed by atoms with Crippen molar-refractivity contribution in [3.63, 3.8) is 0 Å². The van der Waals surface area contributed by atoms with Crippen LogP contribution in [0.2, 0.25) is 0 Å². The molecule has 0 aromatic rings. The van der Waals surface area contributed by atoms with Gasteiger partial charge in [-0.15, -0.1) is 0 Å².